The monoisotopic (exact) mass is 407 g/mol. The summed E-state index contributed by atoms with van der Waals surface area (Å²) in [6.07, 6.45) is 3.59. The van der Waals surface area contributed by atoms with E-state index in [2.05, 4.69) is 32.7 Å². The van der Waals surface area contributed by atoms with Gasteiger partial charge in [0, 0.05) is 11.8 Å². The van der Waals surface area contributed by atoms with Gasteiger partial charge in [0.1, 0.15) is 29.2 Å². The van der Waals surface area contributed by atoms with Crippen molar-refractivity contribution >= 4 is 14.1 Å². The molecule has 4 atom stereocenters. The number of hydrogen-bond donors (Lipinski definition) is 1. The van der Waals surface area contributed by atoms with Crippen molar-refractivity contribution in [3.63, 3.8) is 0 Å². The van der Waals surface area contributed by atoms with Crippen LogP contribution in [-0.2, 0) is 13.9 Å². The summed E-state index contributed by atoms with van der Waals surface area (Å²) in [5, 5.41) is 0. The molecule has 0 radical (unpaired) electrons. The van der Waals surface area contributed by atoms with E-state index in [4.69, 9.17) is 19.6 Å². The predicted molar refractivity (Wildman–Crippen MR) is 110 cm³/mol. The number of rotatable bonds is 7. The summed E-state index contributed by atoms with van der Waals surface area (Å²) >= 11 is 0. The van der Waals surface area contributed by atoms with Gasteiger partial charge in [-0.15, -0.1) is 0 Å². The fraction of sp³-hybridized carbons (Fsp3) is 0.800. The molecule has 1 unspecified atom stereocenters. The number of nitrogens with zero attached hydrogens (tertiary/aromatic N) is 2. The van der Waals surface area contributed by atoms with Crippen LogP contribution in [0.4, 0.5) is 5.82 Å². The Labute approximate surface area is 167 Å². The molecule has 2 aliphatic heterocycles. The molecule has 1 aromatic rings. The van der Waals surface area contributed by atoms with Gasteiger partial charge in [0.25, 0.3) is 0 Å². The van der Waals surface area contributed by atoms with Crippen molar-refractivity contribution < 1.29 is 13.9 Å². The van der Waals surface area contributed by atoms with Crippen molar-refractivity contribution in [3.8, 4) is 0 Å². The number of ether oxygens (including phenoxy) is 2. The SMILES string of the molecule is CC[C@@]12O[C@@H](n3cc(C)c(N)nc3=O)[C@@H](OC13CC3)C2O[Si](CC)(CC)CC. The maximum absolute atomic E-state index is 12.6. The van der Waals surface area contributed by atoms with Gasteiger partial charge >= 0.3 is 5.69 Å². The van der Waals surface area contributed by atoms with E-state index in [-0.39, 0.29) is 23.6 Å². The van der Waals surface area contributed by atoms with Gasteiger partial charge in [-0.2, -0.15) is 4.98 Å². The van der Waals surface area contributed by atoms with Crippen LogP contribution in [0.2, 0.25) is 18.1 Å². The molecular formula is C20H33N3O4Si. The third-order valence-corrected chi connectivity index (χ3v) is 12.1. The lowest BCUT2D eigenvalue weighted by atomic mass is 9.88. The topological polar surface area (TPSA) is 88.6 Å². The number of aryl methyl sites for hydroxylation is 1. The highest BCUT2D eigenvalue weighted by Crippen LogP contribution is 2.66. The first-order chi connectivity index (χ1) is 13.3. The second kappa shape index (κ2) is 6.65. The summed E-state index contributed by atoms with van der Waals surface area (Å²) in [4.78, 5) is 16.6. The average molecular weight is 408 g/mol. The molecule has 28 heavy (non-hydrogen) atoms. The maximum atomic E-state index is 12.6. The van der Waals surface area contributed by atoms with Crippen LogP contribution < -0.4 is 11.4 Å². The molecule has 4 rings (SSSR count). The summed E-state index contributed by atoms with van der Waals surface area (Å²) in [5.74, 6) is 0.261. The van der Waals surface area contributed by atoms with E-state index in [0.717, 1.165) is 43.0 Å². The Morgan fingerprint density at radius 2 is 1.89 bits per heavy atom. The van der Waals surface area contributed by atoms with Crippen LogP contribution in [0, 0.1) is 6.92 Å². The lowest BCUT2D eigenvalue weighted by Gasteiger charge is -2.40. The molecule has 0 aromatic carbocycles. The van der Waals surface area contributed by atoms with Gasteiger partial charge in [0.05, 0.1) is 0 Å². The molecular weight excluding hydrogens is 374 g/mol. The quantitative estimate of drug-likeness (QED) is 0.699. The number of fused-ring (bicyclic) bond motifs is 3. The molecule has 2 saturated heterocycles. The van der Waals surface area contributed by atoms with Gasteiger partial charge in [0.15, 0.2) is 14.5 Å². The fourth-order valence-corrected chi connectivity index (χ4v) is 8.14. The summed E-state index contributed by atoms with van der Waals surface area (Å²) in [5.41, 5.74) is 5.44. The lowest BCUT2D eigenvalue weighted by Crippen LogP contribution is -2.53. The zero-order valence-corrected chi connectivity index (χ0v) is 18.7. The van der Waals surface area contributed by atoms with E-state index in [1.165, 1.54) is 0 Å². The van der Waals surface area contributed by atoms with Crippen LogP contribution in [0.1, 0.15) is 58.7 Å². The molecule has 2 N–H and O–H groups in total. The minimum atomic E-state index is -1.87. The van der Waals surface area contributed by atoms with E-state index >= 15 is 0 Å². The number of aromatic nitrogens is 2. The van der Waals surface area contributed by atoms with Crippen molar-refractivity contribution in [2.75, 3.05) is 5.73 Å². The zero-order valence-electron chi connectivity index (χ0n) is 17.7. The zero-order chi connectivity index (χ0) is 20.3. The first-order valence-electron chi connectivity index (χ1n) is 10.7. The molecule has 8 heteroatoms. The van der Waals surface area contributed by atoms with Crippen LogP contribution in [0.25, 0.3) is 0 Å². The molecule has 3 heterocycles. The molecule has 0 amide bonds. The Hall–Kier alpha value is -1.22. The third-order valence-electron chi connectivity index (χ3n) is 7.49. The summed E-state index contributed by atoms with van der Waals surface area (Å²) in [7, 11) is -1.87. The van der Waals surface area contributed by atoms with E-state index in [0.29, 0.717) is 0 Å². The highest BCUT2D eigenvalue weighted by atomic mass is 28.4. The molecule has 1 saturated carbocycles. The van der Waals surface area contributed by atoms with Crippen LogP contribution in [0.15, 0.2) is 11.0 Å². The standard InChI is InChI=1S/C20H33N3O4Si/c1-6-20-15(27-28(7-2,8-3)9-4)14(25-19(20)10-11-19)17(26-20)23-12-13(5)16(21)22-18(23)24/h12,14-15,17H,6-11H2,1-5H3,(H2,21,22,24)/t14-,15?,17+,20-/m0/s1. The number of nitrogen functional groups attached to an aromatic ring is 1. The highest BCUT2D eigenvalue weighted by Gasteiger charge is 2.78. The third kappa shape index (κ3) is 2.57. The van der Waals surface area contributed by atoms with Gasteiger partial charge in [0.2, 0.25) is 0 Å². The van der Waals surface area contributed by atoms with Crippen molar-refractivity contribution in [1.29, 1.82) is 0 Å². The molecule has 1 aliphatic carbocycles. The molecule has 3 fully saturated rings. The van der Waals surface area contributed by atoms with Crippen molar-refractivity contribution in [2.45, 2.75) is 102 Å². The number of hydrogen-bond acceptors (Lipinski definition) is 6. The minimum Gasteiger partial charge on any atom is -0.408 e. The van der Waals surface area contributed by atoms with Crippen LogP contribution in [0.5, 0.6) is 0 Å². The minimum absolute atomic E-state index is 0.138. The van der Waals surface area contributed by atoms with Gasteiger partial charge in [-0.1, -0.05) is 27.7 Å². The molecule has 7 nitrogen and oxygen atoms in total. The van der Waals surface area contributed by atoms with E-state index in [1.54, 1.807) is 10.8 Å². The normalized spacial score (nSPS) is 33.0. The average Bonchev–Trinajstić information content (AvgIpc) is 3.34. The Kier molecular flexibility index (Phi) is 4.77. The predicted octanol–water partition coefficient (Wildman–Crippen LogP) is 3.13. The van der Waals surface area contributed by atoms with E-state index < -0.39 is 25.8 Å². The molecule has 1 spiro atoms. The summed E-state index contributed by atoms with van der Waals surface area (Å²) < 4.78 is 21.8. The van der Waals surface area contributed by atoms with Crippen molar-refractivity contribution in [2.24, 2.45) is 0 Å². The Morgan fingerprint density at radius 3 is 2.43 bits per heavy atom. The van der Waals surface area contributed by atoms with Crippen LogP contribution >= 0.6 is 0 Å². The first kappa shape index (κ1) is 20.1. The summed E-state index contributed by atoms with van der Waals surface area (Å²) in [6, 6.07) is 3.22. The summed E-state index contributed by atoms with van der Waals surface area (Å²) in [6.45, 7) is 10.7. The van der Waals surface area contributed by atoms with Gasteiger partial charge in [-0.25, -0.2) is 4.79 Å². The van der Waals surface area contributed by atoms with Gasteiger partial charge < -0.3 is 19.6 Å². The molecule has 2 bridgehead atoms. The molecule has 156 valence electrons. The van der Waals surface area contributed by atoms with E-state index in [9.17, 15) is 4.79 Å². The smallest absolute Gasteiger partial charge is 0.351 e. The molecule has 1 aromatic heterocycles. The highest BCUT2D eigenvalue weighted by molar-refractivity contribution is 6.73. The Bertz CT molecular complexity index is 812. The van der Waals surface area contributed by atoms with Crippen molar-refractivity contribution in [3.05, 3.63) is 22.2 Å². The van der Waals surface area contributed by atoms with Crippen LogP contribution in [-0.4, -0.2) is 41.3 Å². The molecule has 3 aliphatic rings. The Balaban J connectivity index is 1.75. The lowest BCUT2D eigenvalue weighted by molar-refractivity contribution is -0.225. The largest absolute Gasteiger partial charge is 0.408 e. The van der Waals surface area contributed by atoms with Crippen LogP contribution in [0.3, 0.4) is 0 Å². The maximum Gasteiger partial charge on any atom is 0.351 e. The number of nitrogens with two attached hydrogens (primary N) is 1. The van der Waals surface area contributed by atoms with E-state index in [1.807, 2.05) is 6.92 Å². The number of anilines is 1. The second-order valence-corrected chi connectivity index (χ2v) is 13.3. The first-order valence-corrected chi connectivity index (χ1v) is 13.2. The Morgan fingerprint density at radius 1 is 1.25 bits per heavy atom. The van der Waals surface area contributed by atoms with Gasteiger partial charge in [-0.3, -0.25) is 4.57 Å². The fourth-order valence-electron chi connectivity index (χ4n) is 5.28. The second-order valence-electron chi connectivity index (χ2n) is 8.61. The van der Waals surface area contributed by atoms with Crippen molar-refractivity contribution in [1.82, 2.24) is 9.55 Å². The van der Waals surface area contributed by atoms with Gasteiger partial charge in [-0.05, 0) is 44.3 Å².